The van der Waals surface area contributed by atoms with E-state index in [2.05, 4.69) is 41.7 Å². The van der Waals surface area contributed by atoms with Gasteiger partial charge in [0.1, 0.15) is 22.2 Å². The Labute approximate surface area is 242 Å². The lowest BCUT2D eigenvalue weighted by atomic mass is 9.98. The molecule has 1 aliphatic rings. The number of ether oxygens (including phenoxy) is 1. The van der Waals surface area contributed by atoms with Crippen LogP contribution in [0.5, 0.6) is 5.75 Å². The second-order valence-electron chi connectivity index (χ2n) is 8.74. The SMILES string of the molecule is COc1cnc(C(F)F)cc1-c1cc(-c2ccn(C)n2)ncc1C(=O)N/C(=N\COP(=O)(O)O)SC(=N)C#CC1CC1. The molecule has 1 fully saturated rings. The van der Waals surface area contributed by atoms with Crippen molar-refractivity contribution >= 4 is 35.7 Å². The number of alkyl halides is 2. The maximum atomic E-state index is 13.6. The van der Waals surface area contributed by atoms with Gasteiger partial charge in [-0.25, -0.2) is 18.3 Å². The predicted molar refractivity (Wildman–Crippen MR) is 150 cm³/mol. The molecule has 4 rings (SSSR count). The molecule has 0 aromatic carbocycles. The van der Waals surface area contributed by atoms with E-state index >= 15 is 0 Å². The van der Waals surface area contributed by atoms with Crippen LogP contribution in [0.25, 0.3) is 22.5 Å². The zero-order valence-electron chi connectivity index (χ0n) is 22.1. The molecule has 3 aromatic rings. The Kier molecular flexibility index (Phi) is 9.81. The number of halogens is 2. The zero-order chi connectivity index (χ0) is 30.4. The summed E-state index contributed by atoms with van der Waals surface area (Å²) in [5.41, 5.74) is 0.385. The summed E-state index contributed by atoms with van der Waals surface area (Å²) in [6.45, 7) is -0.837. The summed E-state index contributed by atoms with van der Waals surface area (Å²) >= 11 is 0.634. The Morgan fingerprint density at radius 2 is 2.05 bits per heavy atom. The number of nitrogens with zero attached hydrogens (tertiary/aromatic N) is 5. The number of hydrogen-bond donors (Lipinski definition) is 4. The monoisotopic (exact) mass is 619 g/mol. The number of methoxy groups -OCH3 is 1. The maximum absolute atomic E-state index is 13.6. The van der Waals surface area contributed by atoms with Crippen molar-refractivity contribution in [1.29, 1.82) is 5.41 Å². The van der Waals surface area contributed by atoms with Crippen LogP contribution in [0, 0.1) is 23.2 Å². The van der Waals surface area contributed by atoms with Crippen molar-refractivity contribution < 1.29 is 37.2 Å². The molecule has 17 heteroatoms. The summed E-state index contributed by atoms with van der Waals surface area (Å²) in [5.74, 6) is 5.00. The first-order chi connectivity index (χ1) is 19.9. The zero-order valence-corrected chi connectivity index (χ0v) is 23.8. The number of aromatic nitrogens is 4. The van der Waals surface area contributed by atoms with Gasteiger partial charge in [0.2, 0.25) is 0 Å². The summed E-state index contributed by atoms with van der Waals surface area (Å²) in [4.78, 5) is 43.5. The molecule has 1 amide bonds. The molecule has 1 aliphatic carbocycles. The first-order valence-corrected chi connectivity index (χ1v) is 14.4. The molecule has 0 unspecified atom stereocenters. The molecule has 3 heterocycles. The number of rotatable bonds is 8. The third kappa shape index (κ3) is 8.51. The Morgan fingerprint density at radius 3 is 2.67 bits per heavy atom. The van der Waals surface area contributed by atoms with Gasteiger partial charge in [-0.3, -0.25) is 29.4 Å². The molecule has 0 atom stereocenters. The van der Waals surface area contributed by atoms with E-state index < -0.39 is 32.6 Å². The van der Waals surface area contributed by atoms with E-state index in [4.69, 9.17) is 19.9 Å². The van der Waals surface area contributed by atoms with Gasteiger partial charge < -0.3 is 19.8 Å². The van der Waals surface area contributed by atoms with Gasteiger partial charge in [-0.05, 0) is 48.7 Å². The standard InChI is InChI=1S/C25H24F2N7O6PS/c1-34-8-7-18(33-34)19-9-15(16-10-20(23(26)27)30-12-21(16)39-2)17(11-29-19)24(35)32-25(31-13-40-41(36,37)38)42-22(28)6-5-14-3-4-14/h7-12,14,23,28H,3-4,13H2,1-2H3,(H,31,32,35)(H2,36,37,38). The van der Waals surface area contributed by atoms with Crippen LogP contribution in [0.1, 0.15) is 35.3 Å². The molecule has 1 saturated carbocycles. The average Bonchev–Trinajstić information content (AvgIpc) is 3.67. The smallest absolute Gasteiger partial charge is 0.471 e. The van der Waals surface area contributed by atoms with Crippen molar-refractivity contribution in [3.63, 3.8) is 0 Å². The lowest BCUT2D eigenvalue weighted by Gasteiger charge is -2.15. The lowest BCUT2D eigenvalue weighted by Crippen LogP contribution is -2.30. The number of amides is 1. The number of phosphoric acid groups is 1. The quantitative estimate of drug-likeness (QED) is 0.125. The van der Waals surface area contributed by atoms with Crippen LogP contribution >= 0.6 is 19.6 Å². The number of carbonyl (C=O) groups excluding carboxylic acids is 1. The van der Waals surface area contributed by atoms with Crippen LogP contribution < -0.4 is 10.1 Å². The number of thioether (sulfide) groups is 1. The molecule has 42 heavy (non-hydrogen) atoms. The Morgan fingerprint density at radius 1 is 1.29 bits per heavy atom. The van der Waals surface area contributed by atoms with Gasteiger partial charge in [-0.2, -0.15) is 5.10 Å². The van der Waals surface area contributed by atoms with Crippen molar-refractivity contribution in [1.82, 2.24) is 25.1 Å². The van der Waals surface area contributed by atoms with Gasteiger partial charge in [0.15, 0.2) is 11.9 Å². The van der Waals surface area contributed by atoms with E-state index in [1.807, 2.05) is 0 Å². The first kappa shape index (κ1) is 30.9. The highest BCUT2D eigenvalue weighted by molar-refractivity contribution is 8.27. The van der Waals surface area contributed by atoms with Crippen LogP contribution in [0.15, 0.2) is 41.8 Å². The molecule has 0 radical (unpaired) electrons. The van der Waals surface area contributed by atoms with Gasteiger partial charge in [0.25, 0.3) is 12.3 Å². The lowest BCUT2D eigenvalue weighted by molar-refractivity contribution is 0.0978. The van der Waals surface area contributed by atoms with Crippen molar-refractivity contribution in [2.45, 2.75) is 19.3 Å². The van der Waals surface area contributed by atoms with Crippen LogP contribution in [0.2, 0.25) is 0 Å². The number of nitrogens with one attached hydrogen (secondary N) is 2. The highest BCUT2D eigenvalue weighted by Gasteiger charge is 2.23. The maximum Gasteiger partial charge on any atom is 0.471 e. The number of pyridine rings is 2. The molecular weight excluding hydrogens is 595 g/mol. The van der Waals surface area contributed by atoms with Gasteiger partial charge in [-0.1, -0.05) is 5.92 Å². The van der Waals surface area contributed by atoms with Crippen LogP contribution in [0.4, 0.5) is 8.78 Å². The van der Waals surface area contributed by atoms with Crippen LogP contribution in [-0.2, 0) is 16.1 Å². The predicted octanol–water partition coefficient (Wildman–Crippen LogP) is 3.77. The van der Waals surface area contributed by atoms with Crippen LogP contribution in [-0.4, -0.2) is 59.5 Å². The van der Waals surface area contributed by atoms with Gasteiger partial charge >= 0.3 is 7.82 Å². The number of carbonyl (C=O) groups is 1. The van der Waals surface area contributed by atoms with E-state index in [1.165, 1.54) is 19.4 Å². The van der Waals surface area contributed by atoms with Crippen molar-refractivity contribution in [3.8, 4) is 40.1 Å². The minimum Gasteiger partial charge on any atom is -0.494 e. The van der Waals surface area contributed by atoms with Crippen molar-refractivity contribution in [2.24, 2.45) is 18.0 Å². The summed E-state index contributed by atoms with van der Waals surface area (Å²) < 4.78 is 49.5. The summed E-state index contributed by atoms with van der Waals surface area (Å²) in [5, 5.41) is 14.5. The minimum absolute atomic E-state index is 0.0980. The van der Waals surface area contributed by atoms with Gasteiger partial charge in [-0.15, -0.1) is 0 Å². The molecular formula is C25H24F2N7O6PS. The number of aryl methyl sites for hydroxylation is 1. The highest BCUT2D eigenvalue weighted by atomic mass is 32.2. The Bertz CT molecular complexity index is 1650. The summed E-state index contributed by atoms with van der Waals surface area (Å²) in [6, 6.07) is 4.25. The number of amidine groups is 1. The van der Waals surface area contributed by atoms with Crippen molar-refractivity contribution in [3.05, 3.63) is 48.0 Å². The van der Waals surface area contributed by atoms with E-state index in [-0.39, 0.29) is 38.6 Å². The fourth-order valence-corrected chi connectivity index (χ4v) is 4.22. The first-order valence-electron chi connectivity index (χ1n) is 12.1. The summed E-state index contributed by atoms with van der Waals surface area (Å²) in [6.07, 6.45) is 2.95. The molecule has 0 spiro atoms. The summed E-state index contributed by atoms with van der Waals surface area (Å²) in [7, 11) is -1.86. The van der Waals surface area contributed by atoms with E-state index in [0.29, 0.717) is 23.1 Å². The number of phosphoric ester groups is 1. The largest absolute Gasteiger partial charge is 0.494 e. The molecule has 13 nitrogen and oxygen atoms in total. The Balaban J connectivity index is 1.74. The third-order valence-corrected chi connectivity index (χ3v) is 6.75. The second-order valence-corrected chi connectivity index (χ2v) is 11.0. The van der Waals surface area contributed by atoms with E-state index in [9.17, 15) is 18.1 Å². The normalized spacial score (nSPS) is 13.5. The molecule has 4 N–H and O–H groups in total. The fraction of sp³-hybridized carbons (Fsp3) is 0.280. The fourth-order valence-electron chi connectivity index (χ4n) is 3.44. The van der Waals surface area contributed by atoms with Gasteiger partial charge in [0, 0.05) is 36.5 Å². The Hall–Kier alpha value is -4.00. The number of hydrogen-bond acceptors (Lipinski definition) is 10. The number of aliphatic imine (C=N–C) groups is 1. The van der Waals surface area contributed by atoms with E-state index in [0.717, 1.165) is 25.1 Å². The second kappa shape index (κ2) is 13.3. The molecule has 220 valence electrons. The van der Waals surface area contributed by atoms with Crippen molar-refractivity contribution in [2.75, 3.05) is 13.8 Å². The van der Waals surface area contributed by atoms with Crippen LogP contribution in [0.3, 0.4) is 0 Å². The van der Waals surface area contributed by atoms with Gasteiger partial charge in [0.05, 0.1) is 24.6 Å². The topological polar surface area (TPSA) is 185 Å². The molecule has 3 aromatic heterocycles. The highest BCUT2D eigenvalue weighted by Crippen LogP contribution is 2.37. The molecule has 0 bridgehead atoms. The van der Waals surface area contributed by atoms with E-state index in [1.54, 1.807) is 24.0 Å². The molecule has 0 saturated heterocycles. The minimum atomic E-state index is -4.88. The average molecular weight is 620 g/mol. The molecule has 0 aliphatic heterocycles. The third-order valence-electron chi connectivity index (χ3n) is 5.57.